The first-order chi connectivity index (χ1) is 10.1. The molecule has 0 N–H and O–H groups in total. The lowest BCUT2D eigenvalue weighted by Gasteiger charge is -2.29. The lowest BCUT2D eigenvalue weighted by atomic mass is 9.76. The van der Waals surface area contributed by atoms with Crippen LogP contribution in [0.15, 0.2) is 43.0 Å². The Balaban J connectivity index is 3.36. The minimum Gasteiger partial charge on any atom is -0.465 e. The SMILES string of the molecule is C=CCCC(C(=O)OCC)(C(=O)OCC)c1ccccc1. The molecule has 4 heteroatoms. The van der Waals surface area contributed by atoms with Crippen molar-refractivity contribution in [2.45, 2.75) is 32.1 Å². The molecular formula is C17H22O4. The van der Waals surface area contributed by atoms with Crippen LogP contribution < -0.4 is 0 Å². The van der Waals surface area contributed by atoms with Gasteiger partial charge in [-0.15, -0.1) is 6.58 Å². The van der Waals surface area contributed by atoms with Gasteiger partial charge < -0.3 is 9.47 Å². The molecule has 0 amide bonds. The van der Waals surface area contributed by atoms with Crippen molar-refractivity contribution in [3.63, 3.8) is 0 Å². The highest BCUT2D eigenvalue weighted by Gasteiger charge is 2.49. The standard InChI is InChI=1S/C17H22O4/c1-4-7-13-17(15(18)20-5-2,16(19)21-6-3)14-11-9-8-10-12-14/h4,8-12H,1,5-7,13H2,2-3H3. The number of hydrogen-bond donors (Lipinski definition) is 0. The van der Waals surface area contributed by atoms with E-state index in [2.05, 4.69) is 6.58 Å². The van der Waals surface area contributed by atoms with Crippen molar-refractivity contribution < 1.29 is 19.1 Å². The van der Waals surface area contributed by atoms with Crippen LogP contribution in [0.2, 0.25) is 0 Å². The van der Waals surface area contributed by atoms with Gasteiger partial charge in [-0.3, -0.25) is 9.59 Å². The first kappa shape index (κ1) is 17.0. The van der Waals surface area contributed by atoms with Gasteiger partial charge in [0.25, 0.3) is 0 Å². The Morgan fingerprint density at radius 2 is 1.62 bits per heavy atom. The molecule has 1 aromatic rings. The second-order valence-corrected chi connectivity index (χ2v) is 4.54. The number of carbonyl (C=O) groups excluding carboxylic acids is 2. The van der Waals surface area contributed by atoms with Gasteiger partial charge in [0.1, 0.15) is 0 Å². The van der Waals surface area contributed by atoms with Gasteiger partial charge in [-0.1, -0.05) is 36.4 Å². The molecule has 114 valence electrons. The largest absolute Gasteiger partial charge is 0.465 e. The number of carbonyl (C=O) groups is 2. The van der Waals surface area contributed by atoms with Crippen molar-refractivity contribution in [3.05, 3.63) is 48.6 Å². The Morgan fingerprint density at radius 1 is 1.10 bits per heavy atom. The summed E-state index contributed by atoms with van der Waals surface area (Å²) in [6, 6.07) is 8.90. The van der Waals surface area contributed by atoms with E-state index < -0.39 is 17.4 Å². The summed E-state index contributed by atoms with van der Waals surface area (Å²) in [6.45, 7) is 7.51. The molecule has 1 rings (SSSR count). The molecular weight excluding hydrogens is 268 g/mol. The first-order valence-electron chi connectivity index (χ1n) is 7.14. The van der Waals surface area contributed by atoms with Crippen molar-refractivity contribution in [1.29, 1.82) is 0 Å². The fourth-order valence-electron chi connectivity index (χ4n) is 2.22. The van der Waals surface area contributed by atoms with E-state index in [0.29, 0.717) is 12.0 Å². The molecule has 0 heterocycles. The van der Waals surface area contributed by atoms with Crippen molar-refractivity contribution in [3.8, 4) is 0 Å². The van der Waals surface area contributed by atoms with Crippen LogP contribution in [0.25, 0.3) is 0 Å². The third-order valence-corrected chi connectivity index (χ3v) is 3.24. The zero-order chi connectivity index (χ0) is 15.7. The van der Waals surface area contributed by atoms with Crippen LogP contribution in [0.5, 0.6) is 0 Å². The molecule has 0 aromatic heterocycles. The minimum absolute atomic E-state index is 0.209. The minimum atomic E-state index is -1.43. The molecule has 4 nitrogen and oxygen atoms in total. The average molecular weight is 290 g/mol. The summed E-state index contributed by atoms with van der Waals surface area (Å²) in [4.78, 5) is 25.1. The summed E-state index contributed by atoms with van der Waals surface area (Å²) < 4.78 is 10.3. The predicted octanol–water partition coefficient (Wildman–Crippen LogP) is 3.02. The molecule has 0 aliphatic carbocycles. The van der Waals surface area contributed by atoms with Gasteiger partial charge in [-0.2, -0.15) is 0 Å². The molecule has 1 aromatic carbocycles. The normalized spacial score (nSPS) is 10.8. The summed E-state index contributed by atoms with van der Waals surface area (Å²) in [6.07, 6.45) is 2.46. The smallest absolute Gasteiger partial charge is 0.328 e. The molecule has 0 saturated heterocycles. The van der Waals surface area contributed by atoms with E-state index in [1.54, 1.807) is 44.2 Å². The average Bonchev–Trinajstić information content (AvgIpc) is 2.50. The summed E-state index contributed by atoms with van der Waals surface area (Å²) in [5, 5.41) is 0. The predicted molar refractivity (Wildman–Crippen MR) is 80.8 cm³/mol. The second kappa shape index (κ2) is 8.25. The highest BCUT2D eigenvalue weighted by atomic mass is 16.6. The van der Waals surface area contributed by atoms with Gasteiger partial charge in [-0.05, 0) is 32.3 Å². The van der Waals surface area contributed by atoms with E-state index in [1.165, 1.54) is 0 Å². The molecule has 0 atom stereocenters. The maximum atomic E-state index is 12.5. The van der Waals surface area contributed by atoms with E-state index in [4.69, 9.17) is 9.47 Å². The van der Waals surface area contributed by atoms with Crippen LogP contribution in [-0.4, -0.2) is 25.2 Å². The Kier molecular flexibility index (Phi) is 6.66. The fourth-order valence-corrected chi connectivity index (χ4v) is 2.22. The molecule has 0 fully saturated rings. The number of rotatable bonds is 8. The second-order valence-electron chi connectivity index (χ2n) is 4.54. The Hall–Kier alpha value is -2.10. The van der Waals surface area contributed by atoms with E-state index in [-0.39, 0.29) is 19.6 Å². The van der Waals surface area contributed by atoms with E-state index in [9.17, 15) is 9.59 Å². The number of hydrogen-bond acceptors (Lipinski definition) is 4. The van der Waals surface area contributed by atoms with Crippen LogP contribution in [0.3, 0.4) is 0 Å². The van der Waals surface area contributed by atoms with Crippen LogP contribution in [0.1, 0.15) is 32.3 Å². The fraction of sp³-hybridized carbons (Fsp3) is 0.412. The molecule has 0 aliphatic rings. The maximum Gasteiger partial charge on any atom is 0.328 e. The van der Waals surface area contributed by atoms with E-state index in [0.717, 1.165) is 0 Å². The Morgan fingerprint density at radius 3 is 2.05 bits per heavy atom. The Labute approximate surface area is 125 Å². The van der Waals surface area contributed by atoms with Crippen molar-refractivity contribution in [2.24, 2.45) is 0 Å². The van der Waals surface area contributed by atoms with Gasteiger partial charge in [0.2, 0.25) is 0 Å². The molecule has 0 bridgehead atoms. The molecule has 0 aliphatic heterocycles. The third kappa shape index (κ3) is 3.72. The number of ether oxygens (including phenoxy) is 2. The van der Waals surface area contributed by atoms with E-state index >= 15 is 0 Å². The maximum absolute atomic E-state index is 12.5. The summed E-state index contributed by atoms with van der Waals surface area (Å²) in [7, 11) is 0. The van der Waals surface area contributed by atoms with Crippen LogP contribution >= 0.6 is 0 Å². The van der Waals surface area contributed by atoms with Crippen LogP contribution in [-0.2, 0) is 24.5 Å². The van der Waals surface area contributed by atoms with Gasteiger partial charge in [0.05, 0.1) is 13.2 Å². The molecule has 0 spiro atoms. The van der Waals surface area contributed by atoms with Crippen molar-refractivity contribution in [1.82, 2.24) is 0 Å². The van der Waals surface area contributed by atoms with Crippen molar-refractivity contribution >= 4 is 11.9 Å². The quantitative estimate of drug-likeness (QED) is 0.419. The number of esters is 2. The topological polar surface area (TPSA) is 52.6 Å². The van der Waals surface area contributed by atoms with Crippen molar-refractivity contribution in [2.75, 3.05) is 13.2 Å². The highest BCUT2D eigenvalue weighted by molar-refractivity contribution is 6.06. The summed E-state index contributed by atoms with van der Waals surface area (Å²) in [5.74, 6) is -1.15. The monoisotopic (exact) mass is 290 g/mol. The van der Waals surface area contributed by atoms with Gasteiger partial charge in [0.15, 0.2) is 5.41 Å². The van der Waals surface area contributed by atoms with E-state index in [1.807, 2.05) is 6.07 Å². The molecule has 0 saturated carbocycles. The highest BCUT2D eigenvalue weighted by Crippen LogP contribution is 2.33. The first-order valence-corrected chi connectivity index (χ1v) is 7.14. The molecule has 21 heavy (non-hydrogen) atoms. The molecule has 0 unspecified atom stereocenters. The lowest BCUT2D eigenvalue weighted by Crippen LogP contribution is -2.46. The van der Waals surface area contributed by atoms with Gasteiger partial charge >= 0.3 is 11.9 Å². The van der Waals surface area contributed by atoms with Crippen LogP contribution in [0, 0.1) is 0 Å². The zero-order valence-corrected chi connectivity index (χ0v) is 12.6. The van der Waals surface area contributed by atoms with Gasteiger partial charge in [-0.25, -0.2) is 0 Å². The number of benzene rings is 1. The third-order valence-electron chi connectivity index (χ3n) is 3.24. The molecule has 0 radical (unpaired) electrons. The van der Waals surface area contributed by atoms with Crippen LogP contribution in [0.4, 0.5) is 0 Å². The summed E-state index contributed by atoms with van der Waals surface area (Å²) >= 11 is 0. The Bertz CT molecular complexity index is 461. The summed E-state index contributed by atoms with van der Waals surface area (Å²) in [5.41, 5.74) is -0.842. The lowest BCUT2D eigenvalue weighted by molar-refractivity contribution is -0.165. The zero-order valence-electron chi connectivity index (χ0n) is 12.6. The number of allylic oxidation sites excluding steroid dienone is 1. The van der Waals surface area contributed by atoms with Gasteiger partial charge in [0, 0.05) is 0 Å².